The number of carboxylic acid groups (broad SMARTS) is 2. The zero-order chi connectivity index (χ0) is 19.6. The molecule has 0 aromatic heterocycles. The fraction of sp³-hybridized carbons (Fsp3) is 0.615. The van der Waals surface area contributed by atoms with Gasteiger partial charge in [-0.15, -0.1) is 0 Å². The number of carbonyl (C=O) groups is 5. The SMILES string of the molecule is CC(O)C(=O)SC[C@H](NC(=O)CC[C@H](N)C(=O)O)C(=O)NCC(=O)O.[Na]. The van der Waals surface area contributed by atoms with E-state index in [9.17, 15) is 24.0 Å². The molecule has 0 saturated heterocycles. The first-order valence-corrected chi connectivity index (χ1v) is 8.15. The van der Waals surface area contributed by atoms with Gasteiger partial charge in [0, 0.05) is 41.7 Å². The summed E-state index contributed by atoms with van der Waals surface area (Å²) in [6, 6.07) is -2.48. The summed E-state index contributed by atoms with van der Waals surface area (Å²) in [6.45, 7) is 0.560. The van der Waals surface area contributed by atoms with E-state index in [2.05, 4.69) is 10.6 Å². The van der Waals surface area contributed by atoms with Crippen molar-refractivity contribution in [2.75, 3.05) is 12.3 Å². The average molecular weight is 402 g/mol. The van der Waals surface area contributed by atoms with Crippen LogP contribution in [0.3, 0.4) is 0 Å². The molecule has 0 bridgehead atoms. The third-order valence-electron chi connectivity index (χ3n) is 2.80. The minimum absolute atomic E-state index is 0. The Morgan fingerprint density at radius 1 is 1.15 bits per heavy atom. The maximum Gasteiger partial charge on any atom is 0.322 e. The van der Waals surface area contributed by atoms with Crippen LogP contribution in [0.2, 0.25) is 0 Å². The minimum Gasteiger partial charge on any atom is -0.480 e. The van der Waals surface area contributed by atoms with Crippen LogP contribution in [0.1, 0.15) is 19.8 Å². The maximum atomic E-state index is 11.9. The fourth-order valence-electron chi connectivity index (χ4n) is 1.43. The van der Waals surface area contributed by atoms with Crippen molar-refractivity contribution in [2.45, 2.75) is 38.0 Å². The number of nitrogens with two attached hydrogens (primary N) is 1. The van der Waals surface area contributed by atoms with E-state index in [1.54, 1.807) is 0 Å². The van der Waals surface area contributed by atoms with E-state index < -0.39 is 53.6 Å². The first kappa shape index (κ1) is 27.0. The van der Waals surface area contributed by atoms with E-state index in [0.29, 0.717) is 11.8 Å². The molecule has 0 aliphatic rings. The molecule has 0 aromatic carbocycles. The first-order chi connectivity index (χ1) is 11.5. The van der Waals surface area contributed by atoms with E-state index in [-0.39, 0.29) is 48.2 Å². The molecule has 0 rings (SSSR count). The van der Waals surface area contributed by atoms with Gasteiger partial charge in [0.2, 0.25) is 16.9 Å². The van der Waals surface area contributed by atoms with Crippen molar-refractivity contribution in [3.8, 4) is 0 Å². The number of amides is 2. The molecule has 26 heavy (non-hydrogen) atoms. The smallest absolute Gasteiger partial charge is 0.322 e. The van der Waals surface area contributed by atoms with Gasteiger partial charge in [-0.25, -0.2) is 0 Å². The van der Waals surface area contributed by atoms with Crippen molar-refractivity contribution in [1.82, 2.24) is 10.6 Å². The zero-order valence-corrected chi connectivity index (χ0v) is 17.2. The largest absolute Gasteiger partial charge is 0.480 e. The van der Waals surface area contributed by atoms with E-state index in [4.69, 9.17) is 21.1 Å². The van der Waals surface area contributed by atoms with Crippen LogP contribution in [0.4, 0.5) is 0 Å². The topological polar surface area (TPSA) is 196 Å². The van der Waals surface area contributed by atoms with Gasteiger partial charge in [-0.2, -0.15) is 0 Å². The summed E-state index contributed by atoms with van der Waals surface area (Å²) in [6.07, 6.45) is -1.70. The molecule has 0 aliphatic carbocycles. The Labute approximate surface area is 175 Å². The summed E-state index contributed by atoms with van der Waals surface area (Å²) in [4.78, 5) is 56.2. The molecule has 0 fully saturated rings. The standard InChI is InChI=1S/C13H21N3O8S.Na/c1-6(17)13(24)25-5-8(11(21)15-4-10(19)20)16-9(18)3-2-7(14)12(22)23;/h6-8,17H,2-5,14H2,1H3,(H,15,21)(H,16,18)(H,19,20)(H,22,23);/t6?,7-,8-;/m0./s1. The molecule has 1 radical (unpaired) electrons. The third-order valence-corrected chi connectivity index (χ3v) is 3.92. The zero-order valence-electron chi connectivity index (χ0n) is 14.4. The number of hydrogen-bond donors (Lipinski definition) is 6. The number of aliphatic carboxylic acids is 2. The van der Waals surface area contributed by atoms with Crippen LogP contribution in [0, 0.1) is 0 Å². The molecule has 143 valence electrons. The Hall–Kier alpha value is -1.18. The monoisotopic (exact) mass is 402 g/mol. The summed E-state index contributed by atoms with van der Waals surface area (Å²) in [7, 11) is 0. The van der Waals surface area contributed by atoms with Gasteiger partial charge in [-0.05, 0) is 13.3 Å². The quantitative estimate of drug-likeness (QED) is 0.195. The molecule has 11 nitrogen and oxygen atoms in total. The molecular formula is C13H21N3NaO8S. The normalized spacial score (nSPS) is 13.5. The van der Waals surface area contributed by atoms with Gasteiger partial charge in [0.25, 0.3) is 0 Å². The summed E-state index contributed by atoms with van der Waals surface area (Å²) in [5.41, 5.74) is 5.27. The molecule has 3 atom stereocenters. The summed E-state index contributed by atoms with van der Waals surface area (Å²) in [5, 5.41) is 30.0. The number of rotatable bonds is 11. The van der Waals surface area contributed by atoms with Crippen LogP contribution < -0.4 is 16.4 Å². The molecule has 13 heteroatoms. The van der Waals surface area contributed by atoms with Crippen molar-refractivity contribution in [3.63, 3.8) is 0 Å². The van der Waals surface area contributed by atoms with Crippen LogP contribution in [0.5, 0.6) is 0 Å². The molecular weight excluding hydrogens is 381 g/mol. The Morgan fingerprint density at radius 3 is 2.19 bits per heavy atom. The van der Waals surface area contributed by atoms with Crippen LogP contribution in [0.15, 0.2) is 0 Å². The average Bonchev–Trinajstić information content (AvgIpc) is 2.53. The summed E-state index contributed by atoms with van der Waals surface area (Å²) < 4.78 is 0. The number of aliphatic hydroxyl groups is 1. The minimum atomic E-state index is -1.29. The molecule has 7 N–H and O–H groups in total. The first-order valence-electron chi connectivity index (χ1n) is 7.16. The molecule has 2 amide bonds. The molecule has 0 heterocycles. The molecule has 0 saturated carbocycles. The van der Waals surface area contributed by atoms with Crippen LogP contribution in [0.25, 0.3) is 0 Å². The number of nitrogens with one attached hydrogen (secondary N) is 2. The second kappa shape index (κ2) is 13.9. The van der Waals surface area contributed by atoms with Crippen molar-refractivity contribution in [3.05, 3.63) is 0 Å². The van der Waals surface area contributed by atoms with Gasteiger partial charge in [0.1, 0.15) is 24.7 Å². The summed E-state index contributed by atoms with van der Waals surface area (Å²) >= 11 is 0.596. The van der Waals surface area contributed by atoms with Gasteiger partial charge in [-0.3, -0.25) is 24.0 Å². The van der Waals surface area contributed by atoms with Crippen molar-refractivity contribution in [1.29, 1.82) is 0 Å². The van der Waals surface area contributed by atoms with E-state index >= 15 is 0 Å². The number of carbonyl (C=O) groups excluding carboxylic acids is 3. The summed E-state index contributed by atoms with van der Waals surface area (Å²) in [5.74, 6) is -4.31. The second-order valence-electron chi connectivity index (χ2n) is 5.02. The Morgan fingerprint density at radius 2 is 1.73 bits per heavy atom. The number of carboxylic acids is 2. The number of aliphatic hydroxyl groups excluding tert-OH is 1. The van der Waals surface area contributed by atoms with Gasteiger partial charge in [-0.1, -0.05) is 11.8 Å². The molecule has 0 spiro atoms. The van der Waals surface area contributed by atoms with Gasteiger partial charge >= 0.3 is 11.9 Å². The second-order valence-corrected chi connectivity index (χ2v) is 6.05. The maximum absolute atomic E-state index is 11.9. The third kappa shape index (κ3) is 12.2. The molecule has 0 aliphatic heterocycles. The Kier molecular flexibility index (Phi) is 14.5. The van der Waals surface area contributed by atoms with E-state index in [1.807, 2.05) is 0 Å². The van der Waals surface area contributed by atoms with Crippen LogP contribution in [-0.2, 0) is 24.0 Å². The molecule has 0 aromatic rings. The van der Waals surface area contributed by atoms with Crippen LogP contribution >= 0.6 is 11.8 Å². The Bertz CT molecular complexity index is 532. The number of thioether (sulfide) groups is 1. The van der Waals surface area contributed by atoms with Gasteiger partial charge < -0.3 is 31.7 Å². The predicted molar refractivity (Wildman–Crippen MR) is 92.3 cm³/mol. The van der Waals surface area contributed by atoms with Gasteiger partial charge in [0.15, 0.2) is 0 Å². The van der Waals surface area contributed by atoms with Crippen molar-refractivity contribution < 1.29 is 39.3 Å². The Balaban J connectivity index is 0. The van der Waals surface area contributed by atoms with Crippen molar-refractivity contribution in [2.24, 2.45) is 5.73 Å². The van der Waals surface area contributed by atoms with E-state index in [0.717, 1.165) is 0 Å². The number of hydrogen-bond acceptors (Lipinski definition) is 8. The van der Waals surface area contributed by atoms with Crippen molar-refractivity contribution >= 4 is 70.2 Å². The molecule has 1 unspecified atom stereocenters. The predicted octanol–water partition coefficient (Wildman–Crippen LogP) is -2.88. The van der Waals surface area contributed by atoms with Gasteiger partial charge in [0.05, 0.1) is 0 Å². The fourth-order valence-corrected chi connectivity index (χ4v) is 2.24. The van der Waals surface area contributed by atoms with Crippen LogP contribution in [-0.4, -0.2) is 104 Å². The van der Waals surface area contributed by atoms with E-state index in [1.165, 1.54) is 6.92 Å².